The maximum absolute atomic E-state index is 15.7. The standard InChI is InChI=1S/C83H105ClN18O16/c1-46(2)36-61(73(108)93-60(17-10-11-34-88-47(3)4)81(116)102-35-13-18-68(102)78(113)89-48(5)71(85)106)94-76(111)64(39-51-22-31-59(32-23-51)92-82(86)117)97-79(114)69(42-52-24-29-58(30-25-52)91-72(107)66-43-70(105)100-83(118)99-66)101(7)80(115)67(45-103)98-77(112)65(41-54-14-12-33-87-44-54)96-75(110)63(38-50-20-27-57(84)28-21-50)95-74(109)62(90-49(6)104)40-53-19-26-55-15-8-9-16-56(55)37-53/h8-9,12,14-16,19-33,37,44,46-48,60-69,88,103H,10-11,13,17-18,34-36,38-43,45H2,1-7H3,(H2,85,106)(H,89,113)(H,90,104)(H,91,107)(H,93,108)(H,94,111)(H,95,109)(H,96,110)(H,97,114)(H,98,112)(H3,86,92,117)(H2,99,100,105,118)/t48-,60+,61+,62-,63-,64-,65-,66+,67+,68+,69?/m1/s1. The van der Waals surface area contributed by atoms with E-state index in [1.165, 1.54) is 86.7 Å². The lowest BCUT2D eigenvalue weighted by molar-refractivity contribution is -0.144. The van der Waals surface area contributed by atoms with Gasteiger partial charge >= 0.3 is 12.1 Å². The van der Waals surface area contributed by atoms with Gasteiger partial charge in [0.1, 0.15) is 66.5 Å². The van der Waals surface area contributed by atoms with Crippen LogP contribution in [0.2, 0.25) is 5.02 Å². The van der Waals surface area contributed by atoms with Crippen LogP contribution >= 0.6 is 11.6 Å². The molecule has 0 saturated carbocycles. The molecule has 3 heterocycles. The topological polar surface area (TPSA) is 504 Å². The smallest absolute Gasteiger partial charge is 0.322 e. The predicted molar refractivity (Wildman–Crippen MR) is 439 cm³/mol. The molecule has 11 atom stereocenters. The van der Waals surface area contributed by atoms with Gasteiger partial charge in [0, 0.05) is 87.5 Å². The molecule has 17 amide bonds. The highest BCUT2D eigenvalue weighted by atomic mass is 35.5. The monoisotopic (exact) mass is 1640 g/mol. The van der Waals surface area contributed by atoms with Crippen molar-refractivity contribution in [3.8, 4) is 0 Å². The molecule has 1 unspecified atom stereocenters. The summed E-state index contributed by atoms with van der Waals surface area (Å²) in [5, 5.41) is 48.1. The number of hydrogen-bond acceptors (Lipinski definition) is 18. The number of imide groups is 1. The fraction of sp³-hybridized carbons (Fsp3) is 0.422. The van der Waals surface area contributed by atoms with Crippen molar-refractivity contribution in [2.75, 3.05) is 37.4 Å². The molecule has 18 N–H and O–H groups in total. The molecule has 118 heavy (non-hydrogen) atoms. The van der Waals surface area contributed by atoms with Crippen LogP contribution in [-0.4, -0.2) is 208 Å². The molecular weight excluding hydrogens is 1540 g/mol. The Morgan fingerprint density at radius 2 is 1.10 bits per heavy atom. The summed E-state index contributed by atoms with van der Waals surface area (Å²) in [6.07, 6.45) is 3.08. The van der Waals surface area contributed by atoms with Gasteiger partial charge in [-0.1, -0.05) is 124 Å². The fourth-order valence-electron chi connectivity index (χ4n) is 13.7. The number of nitrogens with zero attached hydrogens (tertiary/aromatic N) is 3. The molecule has 8 rings (SSSR count). The van der Waals surface area contributed by atoms with Crippen LogP contribution in [-0.2, 0) is 94.4 Å². The molecule has 0 spiro atoms. The van der Waals surface area contributed by atoms with Crippen molar-refractivity contribution in [1.82, 2.24) is 73.3 Å². The summed E-state index contributed by atoms with van der Waals surface area (Å²) >= 11 is 6.28. The SMILES string of the molecule is CC(=O)N[C@H](Cc1ccc2ccccc2c1)C(=O)N[C@H](Cc1ccc(Cl)cc1)C(=O)N[C@H](Cc1cccnc1)C(=O)N[C@@H](CO)C(=O)N(C)C(Cc1ccc(NC(=O)[C@@H]2CC(=O)NC(=O)N2)cc1)C(=O)N[C@H](Cc1ccc(NC(N)=O)cc1)C(=O)N[C@@H](CC(C)C)C(=O)N[C@@H](CCCCNC(C)C)C(=O)N1CCC[C@H]1C(=O)N[C@H](C)C(N)=O. The van der Waals surface area contributed by atoms with Gasteiger partial charge < -0.3 is 90.2 Å². The van der Waals surface area contributed by atoms with E-state index in [0.29, 0.717) is 58.6 Å². The number of likely N-dealkylation sites (tertiary alicyclic amines) is 1. The number of unbranched alkanes of at least 4 members (excludes halogenated alkanes) is 1. The van der Waals surface area contributed by atoms with Gasteiger partial charge in [0.2, 0.25) is 76.8 Å². The Kier molecular flexibility index (Phi) is 34.0. The third kappa shape index (κ3) is 27.9. The molecule has 0 bridgehead atoms. The first-order valence-corrected chi connectivity index (χ1v) is 39.5. The molecule has 2 aliphatic rings. The molecule has 2 fully saturated rings. The van der Waals surface area contributed by atoms with E-state index < -0.39 is 168 Å². The zero-order valence-corrected chi connectivity index (χ0v) is 67.6. The number of benzene rings is 5. The molecule has 35 heteroatoms. The largest absolute Gasteiger partial charge is 0.394 e. The van der Waals surface area contributed by atoms with Crippen LogP contribution in [0.5, 0.6) is 0 Å². The number of primary amides is 2. The number of aromatic nitrogens is 1. The van der Waals surface area contributed by atoms with E-state index in [1.807, 2.05) is 56.3 Å². The number of pyridine rings is 1. The Labute approximate surface area is 688 Å². The zero-order valence-electron chi connectivity index (χ0n) is 66.8. The van der Waals surface area contributed by atoms with E-state index in [4.69, 9.17) is 23.1 Å². The number of hydrogen-bond donors (Lipinski definition) is 16. The maximum Gasteiger partial charge on any atom is 0.322 e. The van der Waals surface area contributed by atoms with E-state index >= 15 is 28.8 Å². The van der Waals surface area contributed by atoms with Crippen LogP contribution in [0.1, 0.15) is 114 Å². The van der Waals surface area contributed by atoms with Gasteiger partial charge in [0.25, 0.3) is 0 Å². The first kappa shape index (κ1) is 91.1. The van der Waals surface area contributed by atoms with Gasteiger partial charge in [-0.15, -0.1) is 0 Å². The van der Waals surface area contributed by atoms with Crippen molar-refractivity contribution in [3.63, 3.8) is 0 Å². The highest BCUT2D eigenvalue weighted by Gasteiger charge is 2.42. The lowest BCUT2D eigenvalue weighted by Gasteiger charge is -2.33. The molecule has 630 valence electrons. The van der Waals surface area contributed by atoms with Crippen molar-refractivity contribution >= 4 is 123 Å². The summed E-state index contributed by atoms with van der Waals surface area (Å²) in [7, 11) is 1.19. The van der Waals surface area contributed by atoms with E-state index in [-0.39, 0.29) is 81.2 Å². The van der Waals surface area contributed by atoms with Crippen molar-refractivity contribution < 1.29 is 77.0 Å². The third-order valence-corrected chi connectivity index (χ3v) is 20.2. The number of nitrogens with one attached hydrogen (secondary N) is 13. The number of nitrogens with two attached hydrogens (primary N) is 2. The lowest BCUT2D eigenvalue weighted by Crippen LogP contribution is -2.62. The number of fused-ring (bicyclic) bond motifs is 1. The first-order valence-electron chi connectivity index (χ1n) is 39.1. The van der Waals surface area contributed by atoms with Crippen LogP contribution in [0.3, 0.4) is 0 Å². The van der Waals surface area contributed by atoms with Gasteiger partial charge in [-0.05, 0) is 139 Å². The first-order chi connectivity index (χ1) is 56.2. The third-order valence-electron chi connectivity index (χ3n) is 19.9. The number of carbonyl (C=O) groups is 15. The Bertz CT molecular complexity index is 4560. The predicted octanol–water partition coefficient (Wildman–Crippen LogP) is 1.86. The van der Waals surface area contributed by atoms with Crippen LogP contribution < -0.4 is 80.6 Å². The second kappa shape index (κ2) is 44.1. The summed E-state index contributed by atoms with van der Waals surface area (Å²) < 4.78 is 0. The van der Waals surface area contributed by atoms with Gasteiger partial charge in [-0.3, -0.25) is 72.6 Å². The zero-order chi connectivity index (χ0) is 85.9. The van der Waals surface area contributed by atoms with Gasteiger partial charge in [-0.25, -0.2) is 9.59 Å². The van der Waals surface area contributed by atoms with Crippen molar-refractivity contribution in [3.05, 3.63) is 173 Å². The number of halogens is 1. The number of rotatable bonds is 41. The van der Waals surface area contributed by atoms with E-state index in [9.17, 15) is 48.3 Å². The molecule has 34 nitrogen and oxygen atoms in total. The molecular formula is C83H105ClN18O16. The Morgan fingerprint density at radius 3 is 1.66 bits per heavy atom. The molecule has 1 aromatic heterocycles. The highest BCUT2D eigenvalue weighted by molar-refractivity contribution is 6.30. The second-order valence-electron chi connectivity index (χ2n) is 30.2. The minimum absolute atomic E-state index is 0.00451. The molecule has 5 aromatic carbocycles. The summed E-state index contributed by atoms with van der Waals surface area (Å²) in [4.78, 5) is 215. The molecule has 2 aliphatic heterocycles. The van der Waals surface area contributed by atoms with Crippen molar-refractivity contribution in [1.29, 1.82) is 0 Å². The summed E-state index contributed by atoms with van der Waals surface area (Å²) in [5.41, 5.74) is 13.6. The number of likely N-dealkylation sites (N-methyl/N-ethyl adjacent to an activating group) is 1. The maximum atomic E-state index is 15.7. The van der Waals surface area contributed by atoms with Gasteiger partial charge in [-0.2, -0.15) is 0 Å². The fourth-order valence-corrected chi connectivity index (χ4v) is 13.8. The minimum Gasteiger partial charge on any atom is -0.394 e. The van der Waals surface area contributed by atoms with Gasteiger partial charge in [0.15, 0.2) is 0 Å². The molecule has 0 radical (unpaired) electrons. The lowest BCUT2D eigenvalue weighted by atomic mass is 9.99. The Hall–Kier alpha value is -12.4. The normalized spacial score (nSPS) is 16.1. The molecule has 6 aromatic rings. The number of carbonyl (C=O) groups excluding carboxylic acids is 15. The number of urea groups is 2. The van der Waals surface area contributed by atoms with Crippen molar-refractivity contribution in [2.45, 2.75) is 191 Å². The average molecular weight is 1650 g/mol. The van der Waals surface area contributed by atoms with Gasteiger partial charge in [0.05, 0.1) is 13.0 Å². The average Bonchev–Trinajstić information content (AvgIpc) is 1.55. The Balaban J connectivity index is 1.11. The number of amides is 17. The van der Waals surface area contributed by atoms with Crippen LogP contribution in [0, 0.1) is 5.92 Å². The summed E-state index contributed by atoms with van der Waals surface area (Å²) in [6, 6.07) is 17.5. The molecule has 0 aliphatic carbocycles. The quantitative estimate of drug-likeness (QED) is 0.0244. The Morgan fingerprint density at radius 1 is 0.576 bits per heavy atom. The van der Waals surface area contributed by atoms with Crippen LogP contribution in [0.4, 0.5) is 21.0 Å². The minimum atomic E-state index is -1.91. The number of aliphatic hydroxyl groups excluding tert-OH is 1. The molecule has 2 saturated heterocycles. The number of anilines is 2. The summed E-state index contributed by atoms with van der Waals surface area (Å²) in [6.45, 7) is 9.77. The van der Waals surface area contributed by atoms with E-state index in [1.54, 1.807) is 50.2 Å². The van der Waals surface area contributed by atoms with Crippen LogP contribution in [0.15, 0.2) is 140 Å². The second-order valence-corrected chi connectivity index (χ2v) is 30.6. The summed E-state index contributed by atoms with van der Waals surface area (Å²) in [5.74, 6) is -10.8. The van der Waals surface area contributed by atoms with Crippen LogP contribution in [0.25, 0.3) is 10.8 Å². The number of aliphatic hydroxyl groups is 1. The van der Waals surface area contributed by atoms with E-state index in [0.717, 1.165) is 15.7 Å². The van der Waals surface area contributed by atoms with E-state index in [2.05, 4.69) is 74.1 Å². The highest BCUT2D eigenvalue weighted by Crippen LogP contribution is 2.24. The van der Waals surface area contributed by atoms with Crippen molar-refractivity contribution in [2.24, 2.45) is 17.4 Å².